The van der Waals surface area contributed by atoms with Gasteiger partial charge in [0.15, 0.2) is 0 Å². The summed E-state index contributed by atoms with van der Waals surface area (Å²) in [5.41, 5.74) is 0.742. The van der Waals surface area contributed by atoms with Crippen LogP contribution in [0.5, 0.6) is 0 Å². The Morgan fingerprint density at radius 1 is 1.24 bits per heavy atom. The number of nitrogens with one attached hydrogen (secondary N) is 1. The molecule has 1 aromatic carbocycles. The van der Waals surface area contributed by atoms with Gasteiger partial charge in [-0.1, -0.05) is 44.7 Å². The normalized spacial score (nSPS) is 24.0. The van der Waals surface area contributed by atoms with Crippen molar-refractivity contribution in [2.75, 3.05) is 6.54 Å². The summed E-state index contributed by atoms with van der Waals surface area (Å²) in [5, 5.41) is 4.19. The molecule has 1 aliphatic carbocycles. The van der Waals surface area contributed by atoms with Gasteiger partial charge in [0.1, 0.15) is 5.82 Å². The first-order valence-electron chi connectivity index (χ1n) is 8.31. The topological polar surface area (TPSA) is 12.0 Å². The Bertz CT molecular complexity index is 441. The fourth-order valence-corrected chi connectivity index (χ4v) is 3.80. The smallest absolute Gasteiger partial charge is 0.126 e. The average Bonchev–Trinajstić information content (AvgIpc) is 2.50. The predicted octanol–water partition coefficient (Wildman–Crippen LogP) is 5.22. The van der Waals surface area contributed by atoms with Crippen LogP contribution < -0.4 is 5.32 Å². The lowest BCUT2D eigenvalue weighted by Crippen LogP contribution is -2.40. The van der Waals surface area contributed by atoms with Crippen molar-refractivity contribution in [1.82, 2.24) is 5.32 Å². The van der Waals surface area contributed by atoms with E-state index in [4.69, 9.17) is 11.6 Å². The van der Waals surface area contributed by atoms with Crippen LogP contribution in [0.4, 0.5) is 4.39 Å². The van der Waals surface area contributed by atoms with Crippen LogP contribution >= 0.6 is 11.6 Å². The summed E-state index contributed by atoms with van der Waals surface area (Å²) in [6, 6.07) is 5.24. The van der Waals surface area contributed by atoms with Gasteiger partial charge in [0.2, 0.25) is 0 Å². The summed E-state index contributed by atoms with van der Waals surface area (Å²) in [6.45, 7) is 5.34. The van der Waals surface area contributed by atoms with Crippen LogP contribution in [-0.4, -0.2) is 12.6 Å². The maximum atomic E-state index is 14.0. The Morgan fingerprint density at radius 2 is 1.95 bits per heavy atom. The fourth-order valence-electron chi connectivity index (χ4n) is 3.60. The average molecular weight is 312 g/mol. The monoisotopic (exact) mass is 311 g/mol. The summed E-state index contributed by atoms with van der Waals surface area (Å²) in [6.07, 6.45) is 7.20. The molecule has 0 radical (unpaired) electrons. The van der Waals surface area contributed by atoms with Gasteiger partial charge in [0.25, 0.3) is 0 Å². The highest BCUT2D eigenvalue weighted by atomic mass is 35.5. The highest BCUT2D eigenvalue weighted by molar-refractivity contribution is 6.30. The summed E-state index contributed by atoms with van der Waals surface area (Å²) in [5.74, 6) is 1.42. The molecule has 2 rings (SSSR count). The van der Waals surface area contributed by atoms with Gasteiger partial charge in [-0.25, -0.2) is 4.39 Å². The number of likely N-dealkylation sites (N-methyl/N-ethyl adjacent to an activating group) is 1. The van der Waals surface area contributed by atoms with E-state index in [0.29, 0.717) is 17.0 Å². The number of hydrogen-bond donors (Lipinski definition) is 1. The summed E-state index contributed by atoms with van der Waals surface area (Å²) in [4.78, 5) is 0. The van der Waals surface area contributed by atoms with Crippen molar-refractivity contribution in [1.29, 1.82) is 0 Å². The van der Waals surface area contributed by atoms with Gasteiger partial charge >= 0.3 is 0 Å². The van der Waals surface area contributed by atoms with Crippen LogP contribution in [0.15, 0.2) is 18.2 Å². The maximum absolute atomic E-state index is 14.0. The van der Waals surface area contributed by atoms with Gasteiger partial charge in [-0.2, -0.15) is 0 Å². The fraction of sp³-hybridized carbons (Fsp3) is 0.667. The molecule has 1 unspecified atom stereocenters. The lowest BCUT2D eigenvalue weighted by Gasteiger charge is -2.34. The van der Waals surface area contributed by atoms with Gasteiger partial charge in [-0.15, -0.1) is 0 Å². The molecular formula is C18H27ClFN. The van der Waals surface area contributed by atoms with Crippen LogP contribution in [0.25, 0.3) is 0 Å². The first-order chi connectivity index (χ1) is 10.1. The van der Waals surface area contributed by atoms with Gasteiger partial charge in [0, 0.05) is 11.1 Å². The number of halogens is 2. The Morgan fingerprint density at radius 3 is 2.57 bits per heavy atom. The zero-order valence-corrected chi connectivity index (χ0v) is 13.9. The molecule has 0 amide bonds. The standard InChI is InChI=1S/C18H27ClFN/c1-3-13-5-7-14(8-6-13)18(21-4-2)12-15-11-16(19)9-10-17(15)20/h9-11,13-14,18,21H,3-8,12H2,1-2H3. The molecule has 0 saturated heterocycles. The van der Waals surface area contributed by atoms with E-state index in [1.165, 1.54) is 38.2 Å². The molecular weight excluding hydrogens is 285 g/mol. The number of hydrogen-bond acceptors (Lipinski definition) is 1. The minimum Gasteiger partial charge on any atom is -0.314 e. The molecule has 1 aliphatic rings. The van der Waals surface area contributed by atoms with E-state index in [0.717, 1.165) is 24.4 Å². The second-order valence-corrected chi connectivity index (χ2v) is 6.73. The van der Waals surface area contributed by atoms with Crippen molar-refractivity contribution >= 4 is 11.6 Å². The van der Waals surface area contributed by atoms with E-state index >= 15 is 0 Å². The number of rotatable bonds is 6. The van der Waals surface area contributed by atoms with Crippen LogP contribution in [0, 0.1) is 17.7 Å². The zero-order valence-electron chi connectivity index (χ0n) is 13.2. The molecule has 118 valence electrons. The molecule has 0 spiro atoms. The van der Waals surface area contributed by atoms with Gasteiger partial charge in [0.05, 0.1) is 0 Å². The molecule has 0 aromatic heterocycles. The molecule has 1 nitrogen and oxygen atoms in total. The highest BCUT2D eigenvalue weighted by Crippen LogP contribution is 2.33. The van der Waals surface area contributed by atoms with Gasteiger partial charge < -0.3 is 5.32 Å². The second kappa shape index (κ2) is 8.14. The number of benzene rings is 1. The molecule has 1 atom stereocenters. The maximum Gasteiger partial charge on any atom is 0.126 e. The summed E-state index contributed by atoms with van der Waals surface area (Å²) < 4.78 is 14.0. The molecule has 0 heterocycles. The quantitative estimate of drug-likeness (QED) is 0.760. The van der Waals surface area contributed by atoms with Crippen LogP contribution in [-0.2, 0) is 6.42 Å². The van der Waals surface area contributed by atoms with E-state index < -0.39 is 0 Å². The lowest BCUT2D eigenvalue weighted by atomic mass is 9.76. The lowest BCUT2D eigenvalue weighted by molar-refractivity contribution is 0.217. The molecule has 3 heteroatoms. The third kappa shape index (κ3) is 4.69. The zero-order chi connectivity index (χ0) is 15.2. The second-order valence-electron chi connectivity index (χ2n) is 6.29. The molecule has 0 aliphatic heterocycles. The molecule has 0 bridgehead atoms. The molecule has 1 N–H and O–H groups in total. The minimum atomic E-state index is -0.135. The first kappa shape index (κ1) is 16.8. The highest BCUT2D eigenvalue weighted by Gasteiger charge is 2.27. The van der Waals surface area contributed by atoms with Crippen LogP contribution in [0.1, 0.15) is 51.5 Å². The van der Waals surface area contributed by atoms with Crippen molar-refractivity contribution in [2.45, 2.75) is 58.4 Å². The van der Waals surface area contributed by atoms with Crippen molar-refractivity contribution in [2.24, 2.45) is 11.8 Å². The van der Waals surface area contributed by atoms with E-state index in [-0.39, 0.29) is 5.82 Å². The van der Waals surface area contributed by atoms with E-state index in [1.807, 2.05) is 0 Å². The Labute approximate surface area is 133 Å². The Balaban J connectivity index is 2.03. The van der Waals surface area contributed by atoms with Crippen LogP contribution in [0.2, 0.25) is 5.02 Å². The van der Waals surface area contributed by atoms with Gasteiger partial charge in [-0.3, -0.25) is 0 Å². The van der Waals surface area contributed by atoms with Crippen molar-refractivity contribution < 1.29 is 4.39 Å². The SMILES string of the molecule is CCNC(Cc1cc(Cl)ccc1F)C1CCC(CC)CC1. The Kier molecular flexibility index (Phi) is 6.50. The van der Waals surface area contributed by atoms with Gasteiger partial charge in [-0.05, 0) is 61.4 Å². The third-order valence-electron chi connectivity index (χ3n) is 4.95. The van der Waals surface area contributed by atoms with Crippen molar-refractivity contribution in [3.05, 3.63) is 34.6 Å². The third-order valence-corrected chi connectivity index (χ3v) is 5.19. The Hall–Kier alpha value is -0.600. The summed E-state index contributed by atoms with van der Waals surface area (Å²) >= 11 is 6.01. The molecule has 1 saturated carbocycles. The van der Waals surface area contributed by atoms with Crippen molar-refractivity contribution in [3.8, 4) is 0 Å². The molecule has 21 heavy (non-hydrogen) atoms. The summed E-state index contributed by atoms with van der Waals surface area (Å²) in [7, 11) is 0. The van der Waals surface area contributed by atoms with E-state index in [1.54, 1.807) is 12.1 Å². The van der Waals surface area contributed by atoms with E-state index in [9.17, 15) is 4.39 Å². The largest absolute Gasteiger partial charge is 0.314 e. The molecule has 1 fully saturated rings. The molecule has 1 aromatic rings. The van der Waals surface area contributed by atoms with Crippen molar-refractivity contribution in [3.63, 3.8) is 0 Å². The van der Waals surface area contributed by atoms with Crippen LogP contribution in [0.3, 0.4) is 0 Å². The predicted molar refractivity (Wildman–Crippen MR) is 88.3 cm³/mol. The first-order valence-corrected chi connectivity index (χ1v) is 8.69. The minimum absolute atomic E-state index is 0.135. The van der Waals surface area contributed by atoms with E-state index in [2.05, 4.69) is 19.2 Å².